The standard InChI is InChI=1S/C8H20N.H3O4P/c1-5-7-8-9(3,4)6-2;1-5(2,3)4/h5-8H2,1-4H3;(H3,1,2,3,4)/q+1;/p-1. The van der Waals surface area contributed by atoms with Crippen LogP contribution in [-0.4, -0.2) is 41.5 Å². The van der Waals surface area contributed by atoms with Crippen LogP contribution in [0.1, 0.15) is 26.7 Å². The summed E-state index contributed by atoms with van der Waals surface area (Å²) >= 11 is 0. The highest BCUT2D eigenvalue weighted by Crippen LogP contribution is 2.18. The molecule has 6 heteroatoms. The minimum absolute atomic E-state index is 1.17. The fraction of sp³-hybridized carbons (Fsp3) is 1.00. The minimum Gasteiger partial charge on any atom is -0.756 e. The average molecular weight is 227 g/mol. The van der Waals surface area contributed by atoms with Crippen molar-refractivity contribution >= 4 is 7.82 Å². The van der Waals surface area contributed by atoms with E-state index in [2.05, 4.69) is 27.9 Å². The highest BCUT2D eigenvalue weighted by molar-refractivity contribution is 7.43. The van der Waals surface area contributed by atoms with Gasteiger partial charge in [-0.1, -0.05) is 13.3 Å². The molecular weight excluding hydrogens is 205 g/mol. The van der Waals surface area contributed by atoms with Crippen LogP contribution in [0.15, 0.2) is 0 Å². The summed E-state index contributed by atoms with van der Waals surface area (Å²) in [5.41, 5.74) is 0. The van der Waals surface area contributed by atoms with Gasteiger partial charge in [-0.05, 0) is 13.3 Å². The Bertz CT molecular complexity index is 170. The zero-order chi connectivity index (χ0) is 11.8. The number of nitrogens with zero attached hydrogens (tertiary/aromatic N) is 1. The minimum atomic E-state index is -4.89. The SMILES string of the molecule is CCCC[N+](C)(C)CC.O=P([O-])(O)O. The number of unbranched alkanes of at least 4 members (excludes halogenated alkanes) is 1. The van der Waals surface area contributed by atoms with Crippen molar-refractivity contribution in [1.82, 2.24) is 0 Å². The van der Waals surface area contributed by atoms with Crippen LogP contribution in [0.4, 0.5) is 0 Å². The third-order valence-electron chi connectivity index (χ3n) is 1.97. The molecule has 14 heavy (non-hydrogen) atoms. The Morgan fingerprint density at radius 2 is 1.64 bits per heavy atom. The van der Waals surface area contributed by atoms with E-state index < -0.39 is 7.82 Å². The zero-order valence-electron chi connectivity index (χ0n) is 9.43. The number of quaternary nitrogens is 1. The third kappa shape index (κ3) is 22.7. The van der Waals surface area contributed by atoms with Crippen molar-refractivity contribution in [3.05, 3.63) is 0 Å². The molecule has 2 N–H and O–H groups in total. The van der Waals surface area contributed by atoms with Crippen molar-refractivity contribution in [3.8, 4) is 0 Å². The maximum Gasteiger partial charge on any atom is 0.262 e. The molecule has 0 aliphatic heterocycles. The van der Waals surface area contributed by atoms with E-state index in [1.54, 1.807) is 0 Å². The number of phosphoric acid groups is 1. The van der Waals surface area contributed by atoms with Crippen molar-refractivity contribution in [2.24, 2.45) is 0 Å². The molecule has 0 saturated carbocycles. The molecular formula is C8H22NO4P. The molecule has 0 heterocycles. The van der Waals surface area contributed by atoms with Crippen molar-refractivity contribution in [2.45, 2.75) is 26.7 Å². The summed E-state index contributed by atoms with van der Waals surface area (Å²) < 4.78 is 9.95. The van der Waals surface area contributed by atoms with Gasteiger partial charge in [-0.3, -0.25) is 4.57 Å². The third-order valence-corrected chi connectivity index (χ3v) is 1.97. The van der Waals surface area contributed by atoms with E-state index in [1.165, 1.54) is 30.4 Å². The smallest absolute Gasteiger partial charge is 0.262 e. The van der Waals surface area contributed by atoms with E-state index in [0.29, 0.717) is 0 Å². The fourth-order valence-corrected chi connectivity index (χ4v) is 0.744. The van der Waals surface area contributed by atoms with Gasteiger partial charge in [-0.2, -0.15) is 0 Å². The number of hydrogen-bond acceptors (Lipinski definition) is 2. The lowest BCUT2D eigenvalue weighted by atomic mass is 10.3. The highest BCUT2D eigenvalue weighted by Gasteiger charge is 2.08. The van der Waals surface area contributed by atoms with E-state index in [0.717, 1.165) is 0 Å². The maximum atomic E-state index is 8.77. The monoisotopic (exact) mass is 227 g/mol. The van der Waals surface area contributed by atoms with Crippen LogP contribution in [0.3, 0.4) is 0 Å². The van der Waals surface area contributed by atoms with Crippen LogP contribution < -0.4 is 4.89 Å². The van der Waals surface area contributed by atoms with Gasteiger partial charge in [0.1, 0.15) is 0 Å². The lowest BCUT2D eigenvalue weighted by Gasteiger charge is -2.27. The van der Waals surface area contributed by atoms with Crippen LogP contribution in [0.5, 0.6) is 0 Å². The Morgan fingerprint density at radius 1 is 1.29 bits per heavy atom. The van der Waals surface area contributed by atoms with Gasteiger partial charge in [0.2, 0.25) is 0 Å². The molecule has 0 aromatic heterocycles. The van der Waals surface area contributed by atoms with Crippen LogP contribution >= 0.6 is 7.82 Å². The van der Waals surface area contributed by atoms with Gasteiger partial charge < -0.3 is 19.2 Å². The Balaban J connectivity index is 0. The van der Waals surface area contributed by atoms with Crippen LogP contribution in [0, 0.1) is 0 Å². The quantitative estimate of drug-likeness (QED) is 0.535. The number of hydrogen-bond donors (Lipinski definition) is 2. The molecule has 0 spiro atoms. The lowest BCUT2D eigenvalue weighted by molar-refractivity contribution is -0.888. The van der Waals surface area contributed by atoms with E-state index in [-0.39, 0.29) is 0 Å². The molecule has 0 unspecified atom stereocenters. The second-order valence-electron chi connectivity index (χ2n) is 3.82. The van der Waals surface area contributed by atoms with E-state index >= 15 is 0 Å². The second-order valence-corrected chi connectivity index (χ2v) is 4.80. The molecule has 0 radical (unpaired) electrons. The molecule has 0 rings (SSSR count). The van der Waals surface area contributed by atoms with Crippen molar-refractivity contribution in [2.75, 3.05) is 27.2 Å². The molecule has 5 nitrogen and oxygen atoms in total. The van der Waals surface area contributed by atoms with E-state index in [1.807, 2.05) is 0 Å². The summed E-state index contributed by atoms with van der Waals surface area (Å²) in [5, 5.41) is 0. The predicted octanol–water partition coefficient (Wildman–Crippen LogP) is 0.322. The summed E-state index contributed by atoms with van der Waals surface area (Å²) in [6, 6.07) is 0. The summed E-state index contributed by atoms with van der Waals surface area (Å²) in [6.45, 7) is 7.07. The van der Waals surface area contributed by atoms with Gasteiger partial charge in [-0.25, -0.2) is 0 Å². The molecule has 0 aromatic carbocycles. The van der Waals surface area contributed by atoms with Crippen LogP contribution in [-0.2, 0) is 4.57 Å². The first-order valence-electron chi connectivity index (χ1n) is 4.71. The normalized spacial score (nSPS) is 11.9. The topological polar surface area (TPSA) is 80.6 Å². The van der Waals surface area contributed by atoms with Crippen LogP contribution in [0.2, 0.25) is 0 Å². The van der Waals surface area contributed by atoms with Crippen LogP contribution in [0.25, 0.3) is 0 Å². The molecule has 0 aromatic rings. The Morgan fingerprint density at radius 3 is 1.86 bits per heavy atom. The van der Waals surface area contributed by atoms with Crippen molar-refractivity contribution in [1.29, 1.82) is 0 Å². The second kappa shape index (κ2) is 7.37. The summed E-state index contributed by atoms with van der Waals surface area (Å²) in [7, 11) is -0.314. The van der Waals surface area contributed by atoms with Crippen molar-refractivity contribution in [3.63, 3.8) is 0 Å². The Hall–Kier alpha value is 0.0700. The number of rotatable bonds is 4. The molecule has 0 aliphatic carbocycles. The molecule has 0 aliphatic rings. The first kappa shape index (κ1) is 16.5. The summed E-state index contributed by atoms with van der Waals surface area (Å²) in [5.74, 6) is 0. The Kier molecular flexibility index (Phi) is 8.69. The van der Waals surface area contributed by atoms with Gasteiger partial charge >= 0.3 is 0 Å². The summed E-state index contributed by atoms with van der Waals surface area (Å²) in [6.07, 6.45) is 2.68. The predicted molar refractivity (Wildman–Crippen MR) is 54.5 cm³/mol. The molecule has 0 amide bonds. The lowest BCUT2D eigenvalue weighted by Crippen LogP contribution is -2.39. The van der Waals surface area contributed by atoms with Gasteiger partial charge in [0.15, 0.2) is 0 Å². The fourth-order valence-electron chi connectivity index (χ4n) is 0.744. The molecule has 0 bridgehead atoms. The molecule has 0 fully saturated rings. The van der Waals surface area contributed by atoms with Gasteiger partial charge in [0, 0.05) is 0 Å². The highest BCUT2D eigenvalue weighted by atomic mass is 31.2. The Labute approximate surface area is 86.2 Å². The van der Waals surface area contributed by atoms with Gasteiger partial charge in [0.05, 0.1) is 27.2 Å². The largest absolute Gasteiger partial charge is 0.756 e. The van der Waals surface area contributed by atoms with E-state index in [4.69, 9.17) is 19.2 Å². The van der Waals surface area contributed by atoms with Crippen molar-refractivity contribution < 1.29 is 23.7 Å². The molecule has 88 valence electrons. The average Bonchev–Trinajstić information content (AvgIpc) is 1.98. The molecule has 0 atom stereocenters. The van der Waals surface area contributed by atoms with E-state index in [9.17, 15) is 0 Å². The first-order valence-corrected chi connectivity index (χ1v) is 6.24. The summed E-state index contributed by atoms with van der Waals surface area (Å²) in [4.78, 5) is 22.9. The maximum absolute atomic E-state index is 8.77. The van der Waals surface area contributed by atoms with Gasteiger partial charge in [0.25, 0.3) is 7.82 Å². The molecule has 0 saturated heterocycles. The van der Waals surface area contributed by atoms with Gasteiger partial charge in [-0.15, -0.1) is 0 Å². The zero-order valence-corrected chi connectivity index (χ0v) is 10.3. The first-order chi connectivity index (χ1) is 6.12.